The topological polar surface area (TPSA) is 49.9 Å². The Morgan fingerprint density at radius 3 is 2.40 bits per heavy atom. The number of halogens is 1. The van der Waals surface area contributed by atoms with Crippen molar-refractivity contribution in [2.45, 2.75) is 11.8 Å². The van der Waals surface area contributed by atoms with Gasteiger partial charge in [-0.25, -0.2) is 8.42 Å². The number of methoxy groups -OCH3 is 1. The van der Waals surface area contributed by atoms with Gasteiger partial charge in [-0.2, -0.15) is 4.31 Å². The fourth-order valence-corrected chi connectivity index (χ4v) is 4.64. The minimum atomic E-state index is -3.39. The lowest BCUT2D eigenvalue weighted by molar-refractivity contribution is 0.196. The summed E-state index contributed by atoms with van der Waals surface area (Å²) in [5.41, 5.74) is 0. The SMILES string of the molecule is CCN1CCN(S(=O)(=O)c2ccc(OC)c(I)c2)CC1. The van der Waals surface area contributed by atoms with Crippen molar-refractivity contribution < 1.29 is 13.2 Å². The van der Waals surface area contributed by atoms with Crippen LogP contribution in [0.5, 0.6) is 5.75 Å². The van der Waals surface area contributed by atoms with Crippen LogP contribution in [0.2, 0.25) is 0 Å². The largest absolute Gasteiger partial charge is 0.496 e. The zero-order chi connectivity index (χ0) is 14.8. The normalized spacial score (nSPS) is 18.1. The first-order valence-electron chi connectivity index (χ1n) is 6.55. The molecule has 0 radical (unpaired) electrons. The van der Waals surface area contributed by atoms with E-state index in [1.165, 1.54) is 0 Å². The van der Waals surface area contributed by atoms with Crippen molar-refractivity contribution in [2.24, 2.45) is 0 Å². The van der Waals surface area contributed by atoms with Crippen LogP contribution >= 0.6 is 22.6 Å². The second kappa shape index (κ2) is 6.59. The first-order chi connectivity index (χ1) is 9.48. The van der Waals surface area contributed by atoms with E-state index in [0.717, 1.165) is 23.2 Å². The molecule has 2 rings (SSSR count). The summed E-state index contributed by atoms with van der Waals surface area (Å²) < 4.78 is 32.7. The van der Waals surface area contributed by atoms with Gasteiger partial charge in [-0.3, -0.25) is 0 Å². The van der Waals surface area contributed by atoms with Gasteiger partial charge < -0.3 is 9.64 Å². The van der Waals surface area contributed by atoms with Crippen LogP contribution in [0.1, 0.15) is 6.92 Å². The van der Waals surface area contributed by atoms with Crippen LogP contribution in [-0.2, 0) is 10.0 Å². The number of hydrogen-bond acceptors (Lipinski definition) is 4. The van der Waals surface area contributed by atoms with Crippen LogP contribution in [0.3, 0.4) is 0 Å². The minimum absolute atomic E-state index is 0.340. The molecule has 0 bridgehead atoms. The van der Waals surface area contributed by atoms with Gasteiger partial charge in [0, 0.05) is 26.2 Å². The number of hydrogen-bond donors (Lipinski definition) is 0. The van der Waals surface area contributed by atoms with Gasteiger partial charge in [0.15, 0.2) is 0 Å². The Kier molecular flexibility index (Phi) is 5.27. The third kappa shape index (κ3) is 3.26. The fraction of sp³-hybridized carbons (Fsp3) is 0.538. The molecular weight excluding hydrogens is 391 g/mol. The number of rotatable bonds is 4. The van der Waals surface area contributed by atoms with Crippen molar-refractivity contribution >= 4 is 32.6 Å². The lowest BCUT2D eigenvalue weighted by Gasteiger charge is -2.33. The first kappa shape index (κ1) is 16.0. The predicted octanol–water partition coefficient (Wildman–Crippen LogP) is 1.63. The highest BCUT2D eigenvalue weighted by molar-refractivity contribution is 14.1. The molecular formula is C13H19IN2O3S. The number of sulfonamides is 1. The third-order valence-electron chi connectivity index (χ3n) is 3.54. The van der Waals surface area contributed by atoms with Crippen molar-refractivity contribution in [3.8, 4) is 5.75 Å². The van der Waals surface area contributed by atoms with Crippen molar-refractivity contribution in [3.63, 3.8) is 0 Å². The smallest absolute Gasteiger partial charge is 0.243 e. The zero-order valence-electron chi connectivity index (χ0n) is 11.7. The van der Waals surface area contributed by atoms with Gasteiger partial charge in [0.05, 0.1) is 15.6 Å². The van der Waals surface area contributed by atoms with E-state index < -0.39 is 10.0 Å². The molecule has 5 nitrogen and oxygen atoms in total. The van der Waals surface area contributed by atoms with Crippen LogP contribution < -0.4 is 4.74 Å². The van der Waals surface area contributed by atoms with E-state index in [9.17, 15) is 8.42 Å². The highest BCUT2D eigenvalue weighted by Gasteiger charge is 2.28. The van der Waals surface area contributed by atoms with Gasteiger partial charge in [0.1, 0.15) is 5.75 Å². The van der Waals surface area contributed by atoms with Crippen LogP contribution in [0.25, 0.3) is 0 Å². The molecule has 1 saturated heterocycles. The van der Waals surface area contributed by atoms with Crippen LogP contribution in [0.4, 0.5) is 0 Å². The van der Waals surface area contributed by atoms with Crippen LogP contribution in [0, 0.1) is 3.57 Å². The van der Waals surface area contributed by atoms with Crippen molar-refractivity contribution in [2.75, 3.05) is 39.8 Å². The second-order valence-corrected chi connectivity index (χ2v) is 7.73. The summed E-state index contributed by atoms with van der Waals surface area (Å²) in [7, 11) is -1.82. The Labute approximate surface area is 134 Å². The van der Waals surface area contributed by atoms with Crippen LogP contribution in [-0.4, -0.2) is 57.5 Å². The van der Waals surface area contributed by atoms with Gasteiger partial charge in [-0.15, -0.1) is 0 Å². The standard InChI is InChI=1S/C13H19IN2O3S/c1-3-15-6-8-16(9-7-15)20(17,18)11-4-5-13(19-2)12(14)10-11/h4-5,10H,3,6-9H2,1-2H3. The zero-order valence-corrected chi connectivity index (χ0v) is 14.6. The van der Waals surface area contributed by atoms with E-state index in [2.05, 4.69) is 34.4 Å². The summed E-state index contributed by atoms with van der Waals surface area (Å²) in [6.45, 7) is 5.76. The number of nitrogens with zero attached hydrogens (tertiary/aromatic N) is 2. The Bertz CT molecular complexity index is 569. The molecule has 0 aliphatic carbocycles. The lowest BCUT2D eigenvalue weighted by Crippen LogP contribution is -2.48. The summed E-state index contributed by atoms with van der Waals surface area (Å²) in [6, 6.07) is 4.99. The van der Waals surface area contributed by atoms with E-state index in [4.69, 9.17) is 4.74 Å². The van der Waals surface area contributed by atoms with E-state index in [1.54, 1.807) is 29.6 Å². The van der Waals surface area contributed by atoms with E-state index >= 15 is 0 Å². The predicted molar refractivity (Wildman–Crippen MR) is 86.6 cm³/mol. The molecule has 0 atom stereocenters. The highest BCUT2D eigenvalue weighted by Crippen LogP contribution is 2.26. The molecule has 1 aromatic carbocycles. The van der Waals surface area contributed by atoms with Gasteiger partial charge in [-0.1, -0.05) is 6.92 Å². The summed E-state index contributed by atoms with van der Waals surface area (Å²) in [6.07, 6.45) is 0. The number of likely N-dealkylation sites (N-methyl/N-ethyl adjacent to an activating group) is 1. The molecule has 0 N–H and O–H groups in total. The molecule has 0 aromatic heterocycles. The molecule has 0 saturated carbocycles. The summed E-state index contributed by atoms with van der Waals surface area (Å²) in [5.74, 6) is 0.695. The highest BCUT2D eigenvalue weighted by atomic mass is 127. The van der Waals surface area contributed by atoms with E-state index in [0.29, 0.717) is 23.7 Å². The molecule has 1 aliphatic rings. The summed E-state index contributed by atoms with van der Waals surface area (Å²) >= 11 is 2.09. The molecule has 7 heteroatoms. The fourth-order valence-electron chi connectivity index (χ4n) is 2.24. The van der Waals surface area contributed by atoms with Crippen molar-refractivity contribution in [1.29, 1.82) is 0 Å². The molecule has 112 valence electrons. The first-order valence-corrected chi connectivity index (χ1v) is 9.07. The Morgan fingerprint density at radius 2 is 1.90 bits per heavy atom. The molecule has 0 unspecified atom stereocenters. The second-order valence-electron chi connectivity index (χ2n) is 4.63. The maximum atomic E-state index is 12.6. The molecule has 1 aliphatic heterocycles. The number of piperazine rings is 1. The Hall–Kier alpha value is -0.380. The van der Waals surface area contributed by atoms with Gasteiger partial charge in [0.2, 0.25) is 10.0 Å². The van der Waals surface area contributed by atoms with Gasteiger partial charge >= 0.3 is 0 Å². The molecule has 1 heterocycles. The quantitative estimate of drug-likeness (QED) is 0.709. The molecule has 20 heavy (non-hydrogen) atoms. The molecule has 1 aromatic rings. The van der Waals surface area contributed by atoms with Crippen molar-refractivity contribution in [1.82, 2.24) is 9.21 Å². The minimum Gasteiger partial charge on any atom is -0.496 e. The maximum Gasteiger partial charge on any atom is 0.243 e. The van der Waals surface area contributed by atoms with Gasteiger partial charge in [-0.05, 0) is 47.3 Å². The van der Waals surface area contributed by atoms with Crippen LogP contribution in [0.15, 0.2) is 23.1 Å². The summed E-state index contributed by atoms with van der Waals surface area (Å²) in [5, 5.41) is 0. The summed E-state index contributed by atoms with van der Waals surface area (Å²) in [4.78, 5) is 2.59. The van der Waals surface area contributed by atoms with E-state index in [1.807, 2.05) is 0 Å². The Morgan fingerprint density at radius 1 is 1.25 bits per heavy atom. The molecule has 1 fully saturated rings. The molecule has 0 spiro atoms. The average molecular weight is 410 g/mol. The monoisotopic (exact) mass is 410 g/mol. The number of ether oxygens (including phenoxy) is 1. The average Bonchev–Trinajstić information content (AvgIpc) is 2.47. The Balaban J connectivity index is 2.20. The van der Waals surface area contributed by atoms with E-state index in [-0.39, 0.29) is 0 Å². The molecule has 0 amide bonds. The van der Waals surface area contributed by atoms with Crippen molar-refractivity contribution in [3.05, 3.63) is 21.8 Å². The van der Waals surface area contributed by atoms with Gasteiger partial charge in [0.25, 0.3) is 0 Å². The number of benzene rings is 1. The third-order valence-corrected chi connectivity index (χ3v) is 6.28. The maximum absolute atomic E-state index is 12.6. The lowest BCUT2D eigenvalue weighted by atomic mass is 10.3.